The van der Waals surface area contributed by atoms with Crippen molar-refractivity contribution in [2.75, 3.05) is 21.1 Å². The minimum Gasteiger partial charge on any atom is -0.343 e. The zero-order valence-electron chi connectivity index (χ0n) is 12.2. The fourth-order valence-corrected chi connectivity index (χ4v) is 1.49. The topological polar surface area (TPSA) is 53.5 Å². The van der Waals surface area contributed by atoms with Crippen LogP contribution in [0.5, 0.6) is 0 Å². The number of aromatic nitrogens is 1. The van der Waals surface area contributed by atoms with Gasteiger partial charge in [-0.25, -0.2) is 4.98 Å². The number of rotatable bonds is 4. The van der Waals surface area contributed by atoms with Crippen molar-refractivity contribution in [3.05, 3.63) is 29.6 Å². The Bertz CT molecular complexity index is 470. The summed E-state index contributed by atoms with van der Waals surface area (Å²) in [5.74, 6) is -0.163. The van der Waals surface area contributed by atoms with Gasteiger partial charge in [0.05, 0.1) is 12.1 Å². The van der Waals surface area contributed by atoms with Gasteiger partial charge in [0.2, 0.25) is 5.91 Å². The molecule has 0 N–H and O–H groups in total. The molecule has 0 aromatic carbocycles. The predicted molar refractivity (Wildman–Crippen MR) is 73.9 cm³/mol. The number of nitrogens with zero attached hydrogens (tertiary/aromatic N) is 3. The van der Waals surface area contributed by atoms with Crippen molar-refractivity contribution < 1.29 is 9.59 Å². The van der Waals surface area contributed by atoms with Crippen LogP contribution in [-0.2, 0) is 11.2 Å². The number of likely N-dealkylation sites (N-methyl/N-ethyl adjacent to an activating group) is 1. The molecule has 0 atom stereocenters. The Morgan fingerprint density at radius 2 is 1.84 bits per heavy atom. The predicted octanol–water partition coefficient (Wildman–Crippen LogP) is 1.19. The molecule has 19 heavy (non-hydrogen) atoms. The molecule has 1 aromatic heterocycles. The zero-order chi connectivity index (χ0) is 14.6. The lowest BCUT2D eigenvalue weighted by atomic mass is 10.2. The Labute approximate surface area is 114 Å². The monoisotopic (exact) mass is 263 g/mol. The fraction of sp³-hybridized carbons (Fsp3) is 0.500. The molecule has 0 aliphatic rings. The summed E-state index contributed by atoms with van der Waals surface area (Å²) in [7, 11) is 5.12. The van der Waals surface area contributed by atoms with E-state index >= 15 is 0 Å². The van der Waals surface area contributed by atoms with Gasteiger partial charge in [0.15, 0.2) is 0 Å². The van der Waals surface area contributed by atoms with Crippen LogP contribution in [0, 0.1) is 0 Å². The first kappa shape index (κ1) is 15.1. The van der Waals surface area contributed by atoms with Crippen molar-refractivity contribution in [1.82, 2.24) is 14.8 Å². The first-order valence-electron chi connectivity index (χ1n) is 6.26. The van der Waals surface area contributed by atoms with E-state index in [0.717, 1.165) is 0 Å². The van der Waals surface area contributed by atoms with Crippen molar-refractivity contribution in [3.8, 4) is 0 Å². The number of hydrogen-bond donors (Lipinski definition) is 0. The molecule has 0 bridgehead atoms. The van der Waals surface area contributed by atoms with Crippen LogP contribution in [0.25, 0.3) is 0 Å². The van der Waals surface area contributed by atoms with Gasteiger partial charge in [0.25, 0.3) is 5.91 Å². The number of pyridine rings is 1. The van der Waals surface area contributed by atoms with Crippen molar-refractivity contribution in [1.29, 1.82) is 0 Å². The van der Waals surface area contributed by atoms with Crippen LogP contribution in [0.1, 0.15) is 30.0 Å². The lowest BCUT2D eigenvalue weighted by Crippen LogP contribution is -2.34. The number of carbonyl (C=O) groups excluding carboxylic acids is 2. The third kappa shape index (κ3) is 4.05. The van der Waals surface area contributed by atoms with E-state index in [0.29, 0.717) is 11.4 Å². The molecule has 104 valence electrons. The Hall–Kier alpha value is -1.91. The van der Waals surface area contributed by atoms with Gasteiger partial charge in [-0.2, -0.15) is 0 Å². The molecule has 5 heteroatoms. The molecule has 1 aromatic rings. The summed E-state index contributed by atoms with van der Waals surface area (Å²) < 4.78 is 0. The maximum atomic E-state index is 12.0. The van der Waals surface area contributed by atoms with Gasteiger partial charge in [-0.1, -0.05) is 6.07 Å². The molecule has 5 nitrogen and oxygen atoms in total. The van der Waals surface area contributed by atoms with Crippen LogP contribution < -0.4 is 0 Å². The quantitative estimate of drug-likeness (QED) is 0.820. The van der Waals surface area contributed by atoms with Crippen LogP contribution in [0.15, 0.2) is 18.2 Å². The molecule has 1 heterocycles. The summed E-state index contributed by atoms with van der Waals surface area (Å²) in [5.41, 5.74) is 0.979. The molecule has 0 unspecified atom stereocenters. The second-order valence-corrected chi connectivity index (χ2v) is 4.99. The summed E-state index contributed by atoms with van der Waals surface area (Å²) in [6, 6.07) is 5.32. The van der Waals surface area contributed by atoms with Crippen LogP contribution in [0.3, 0.4) is 0 Å². The first-order valence-corrected chi connectivity index (χ1v) is 6.26. The van der Waals surface area contributed by atoms with Gasteiger partial charge in [-0.15, -0.1) is 0 Å². The van der Waals surface area contributed by atoms with Crippen LogP contribution in [0.4, 0.5) is 0 Å². The molecular weight excluding hydrogens is 242 g/mol. The second kappa shape index (κ2) is 6.31. The van der Waals surface area contributed by atoms with E-state index in [-0.39, 0.29) is 24.3 Å². The molecule has 2 amide bonds. The summed E-state index contributed by atoms with van der Waals surface area (Å²) in [6.45, 7) is 3.91. The Kier molecular flexibility index (Phi) is 5.03. The Morgan fingerprint density at radius 3 is 2.37 bits per heavy atom. The highest BCUT2D eigenvalue weighted by atomic mass is 16.2. The molecule has 0 aliphatic heterocycles. The van der Waals surface area contributed by atoms with E-state index in [4.69, 9.17) is 0 Å². The first-order chi connectivity index (χ1) is 8.82. The van der Waals surface area contributed by atoms with Gasteiger partial charge in [0.1, 0.15) is 5.69 Å². The van der Waals surface area contributed by atoms with E-state index in [1.807, 2.05) is 13.8 Å². The average Bonchev–Trinajstić information content (AvgIpc) is 2.36. The number of hydrogen-bond acceptors (Lipinski definition) is 3. The van der Waals surface area contributed by atoms with Crippen molar-refractivity contribution in [3.63, 3.8) is 0 Å². The maximum absolute atomic E-state index is 12.0. The molecule has 0 radical (unpaired) electrons. The highest BCUT2D eigenvalue weighted by molar-refractivity contribution is 5.92. The maximum Gasteiger partial charge on any atom is 0.271 e. The summed E-state index contributed by atoms with van der Waals surface area (Å²) in [6.07, 6.45) is 0.212. The smallest absolute Gasteiger partial charge is 0.271 e. The molecule has 0 fully saturated rings. The Balaban J connectivity index is 2.83. The third-order valence-corrected chi connectivity index (χ3v) is 2.93. The summed E-state index contributed by atoms with van der Waals surface area (Å²) >= 11 is 0. The highest BCUT2D eigenvalue weighted by Crippen LogP contribution is 2.05. The van der Waals surface area contributed by atoms with Crippen LogP contribution >= 0.6 is 0 Å². The SMILES string of the molecule is CC(C)N(C)C(=O)Cc1cccc(C(=O)N(C)C)n1. The molecule has 0 spiro atoms. The molecule has 0 saturated heterocycles. The van der Waals surface area contributed by atoms with E-state index in [2.05, 4.69) is 4.98 Å². The van der Waals surface area contributed by atoms with Crippen LogP contribution in [-0.4, -0.2) is 53.8 Å². The zero-order valence-corrected chi connectivity index (χ0v) is 12.2. The van der Waals surface area contributed by atoms with E-state index in [9.17, 15) is 9.59 Å². The van der Waals surface area contributed by atoms with Gasteiger partial charge >= 0.3 is 0 Å². The molecule has 0 saturated carbocycles. The average molecular weight is 263 g/mol. The minimum atomic E-state index is -0.161. The van der Waals surface area contributed by atoms with E-state index in [1.54, 1.807) is 44.2 Å². The second-order valence-electron chi connectivity index (χ2n) is 4.99. The van der Waals surface area contributed by atoms with Gasteiger partial charge in [0, 0.05) is 27.2 Å². The molecule has 0 aliphatic carbocycles. The van der Waals surface area contributed by atoms with Crippen molar-refractivity contribution >= 4 is 11.8 Å². The van der Waals surface area contributed by atoms with E-state index in [1.165, 1.54) is 4.90 Å². The third-order valence-electron chi connectivity index (χ3n) is 2.93. The Morgan fingerprint density at radius 1 is 1.21 bits per heavy atom. The molecule has 1 rings (SSSR count). The van der Waals surface area contributed by atoms with Gasteiger partial charge in [-0.3, -0.25) is 9.59 Å². The van der Waals surface area contributed by atoms with Crippen molar-refractivity contribution in [2.24, 2.45) is 0 Å². The number of amides is 2. The highest BCUT2D eigenvalue weighted by Gasteiger charge is 2.15. The normalized spacial score (nSPS) is 10.4. The minimum absolute atomic E-state index is 0.00282. The standard InChI is InChI=1S/C14H21N3O2/c1-10(2)17(5)13(18)9-11-7-6-8-12(15-11)14(19)16(3)4/h6-8,10H,9H2,1-5H3. The van der Waals surface area contributed by atoms with E-state index < -0.39 is 0 Å². The lowest BCUT2D eigenvalue weighted by Gasteiger charge is -2.21. The lowest BCUT2D eigenvalue weighted by molar-refractivity contribution is -0.130. The van der Waals surface area contributed by atoms with Crippen LogP contribution in [0.2, 0.25) is 0 Å². The van der Waals surface area contributed by atoms with Gasteiger partial charge < -0.3 is 9.80 Å². The largest absolute Gasteiger partial charge is 0.343 e. The number of carbonyl (C=O) groups is 2. The summed E-state index contributed by atoms with van der Waals surface area (Å²) in [4.78, 5) is 31.1. The van der Waals surface area contributed by atoms with Gasteiger partial charge in [-0.05, 0) is 26.0 Å². The van der Waals surface area contributed by atoms with Crippen molar-refractivity contribution in [2.45, 2.75) is 26.3 Å². The fourth-order valence-electron chi connectivity index (χ4n) is 1.49. The summed E-state index contributed by atoms with van der Waals surface area (Å²) in [5, 5.41) is 0. The molecular formula is C14H21N3O2.